The van der Waals surface area contributed by atoms with E-state index in [1.165, 1.54) is 23.5 Å². The second-order valence-electron chi connectivity index (χ2n) is 9.31. The van der Waals surface area contributed by atoms with Crippen LogP contribution in [0.2, 0.25) is 0 Å². The number of unbranched alkanes of at least 4 members (excludes halogenated alkanes) is 1. The number of rotatable bonds is 12. The second-order valence-corrected chi connectivity index (χ2v) is 11.7. The number of aromatic nitrogens is 1. The van der Waals surface area contributed by atoms with Gasteiger partial charge in [-0.25, -0.2) is 19.0 Å². The maximum absolute atomic E-state index is 13.3. The number of para-hydroxylation sites is 1. The standard InChI is InChI=1S/C30H33N5O4S2/c1-4-6-16-32-25-18-23(19-27(41(31,37)38)28(25)39-24-10-8-7-9-11-24)29(36)33-34-30-35(17-5-2)26(20-40-30)22-14-12-21(3)13-15-22/h5,7-15,18-20,32H,2,4,6,16-17H2,1,3H3,(H,33,36)(H2,31,37,38)/b34-30-. The van der Waals surface area contributed by atoms with E-state index in [0.29, 0.717) is 29.3 Å². The van der Waals surface area contributed by atoms with E-state index < -0.39 is 15.9 Å². The predicted molar refractivity (Wildman–Crippen MR) is 163 cm³/mol. The Morgan fingerprint density at radius 2 is 1.88 bits per heavy atom. The minimum Gasteiger partial charge on any atom is -0.454 e. The van der Waals surface area contributed by atoms with Crippen LogP contribution in [0.3, 0.4) is 0 Å². The smallest absolute Gasteiger partial charge is 0.271 e. The van der Waals surface area contributed by atoms with Crippen LogP contribution in [0.4, 0.5) is 5.69 Å². The molecule has 4 aromatic rings. The van der Waals surface area contributed by atoms with Gasteiger partial charge in [0.25, 0.3) is 5.91 Å². The predicted octanol–water partition coefficient (Wildman–Crippen LogP) is 5.61. The fraction of sp³-hybridized carbons (Fsp3) is 0.200. The molecule has 0 fully saturated rings. The van der Waals surface area contributed by atoms with Crippen molar-refractivity contribution in [3.05, 3.63) is 101 Å². The first-order valence-electron chi connectivity index (χ1n) is 13.1. The first kappa shape index (κ1) is 29.8. The molecule has 1 amide bonds. The minimum atomic E-state index is -4.26. The zero-order valence-corrected chi connectivity index (χ0v) is 24.6. The Bertz CT molecular complexity index is 1690. The molecular weight excluding hydrogens is 558 g/mol. The lowest BCUT2D eigenvalue weighted by Crippen LogP contribution is -2.25. The molecular formula is C30H33N5O4S2. The van der Waals surface area contributed by atoms with E-state index in [0.717, 1.165) is 29.7 Å². The third-order valence-corrected chi connectivity index (χ3v) is 7.92. The van der Waals surface area contributed by atoms with E-state index in [2.05, 4.69) is 22.4 Å². The third kappa shape index (κ3) is 7.51. The molecule has 0 radical (unpaired) electrons. The van der Waals surface area contributed by atoms with Crippen LogP contribution >= 0.6 is 11.3 Å². The van der Waals surface area contributed by atoms with Gasteiger partial charge < -0.3 is 14.6 Å². The number of aryl methyl sites for hydroxylation is 1. The summed E-state index contributed by atoms with van der Waals surface area (Å²) in [5.74, 6) is -0.153. The molecule has 4 N–H and O–H groups in total. The number of carbonyl (C=O) groups excluding carboxylic acids is 1. The number of nitrogens with two attached hydrogens (primary N) is 1. The number of thiazole rings is 1. The van der Waals surface area contributed by atoms with Crippen LogP contribution in [0.15, 0.2) is 94.8 Å². The van der Waals surface area contributed by atoms with Gasteiger partial charge in [0.15, 0.2) is 5.75 Å². The van der Waals surface area contributed by atoms with Gasteiger partial charge in [-0.2, -0.15) is 0 Å². The number of sulfonamides is 1. The molecule has 0 saturated carbocycles. The van der Waals surface area contributed by atoms with Crippen LogP contribution in [0.5, 0.6) is 11.5 Å². The molecule has 41 heavy (non-hydrogen) atoms. The Balaban J connectivity index is 1.72. The monoisotopic (exact) mass is 591 g/mol. The molecule has 1 heterocycles. The number of anilines is 1. The number of ether oxygens (including phenoxy) is 1. The lowest BCUT2D eigenvalue weighted by Gasteiger charge is -2.17. The van der Waals surface area contributed by atoms with Crippen molar-refractivity contribution >= 4 is 33.0 Å². The number of amides is 1. The third-order valence-electron chi connectivity index (χ3n) is 6.14. The summed E-state index contributed by atoms with van der Waals surface area (Å²) in [5.41, 5.74) is 6.05. The maximum Gasteiger partial charge on any atom is 0.271 e. The van der Waals surface area contributed by atoms with Gasteiger partial charge in [0, 0.05) is 24.0 Å². The largest absolute Gasteiger partial charge is 0.454 e. The van der Waals surface area contributed by atoms with Crippen molar-refractivity contribution in [2.24, 2.45) is 10.2 Å². The summed E-state index contributed by atoms with van der Waals surface area (Å²) < 4.78 is 33.2. The second kappa shape index (κ2) is 13.4. The van der Waals surface area contributed by atoms with Crippen LogP contribution in [-0.4, -0.2) is 25.4 Å². The van der Waals surface area contributed by atoms with E-state index in [-0.39, 0.29) is 16.2 Å². The molecule has 0 saturated heterocycles. The van der Waals surface area contributed by atoms with Crippen LogP contribution < -0.4 is 25.4 Å². The van der Waals surface area contributed by atoms with Gasteiger partial charge in [0.1, 0.15) is 10.6 Å². The van der Waals surface area contributed by atoms with E-state index in [9.17, 15) is 13.2 Å². The molecule has 0 aliphatic carbocycles. The summed E-state index contributed by atoms with van der Waals surface area (Å²) >= 11 is 1.37. The molecule has 1 aromatic heterocycles. The number of allylic oxidation sites excluding steroid dienone is 1. The summed E-state index contributed by atoms with van der Waals surface area (Å²) in [5, 5.41) is 15.1. The summed E-state index contributed by atoms with van der Waals surface area (Å²) in [6, 6.07) is 19.6. The van der Waals surface area contributed by atoms with Gasteiger partial charge >= 0.3 is 0 Å². The highest BCUT2D eigenvalue weighted by Crippen LogP contribution is 2.37. The molecule has 214 valence electrons. The lowest BCUT2D eigenvalue weighted by molar-refractivity contribution is 0.0952. The van der Waals surface area contributed by atoms with Crippen LogP contribution in [0, 0.1) is 6.92 Å². The zero-order chi connectivity index (χ0) is 29.4. The SMILES string of the molecule is C=CCn1c(-c2ccc(C)cc2)cs/c1=N\NC(=O)c1cc(NCCCC)c(Oc2ccccc2)c(S(N)(=O)=O)c1. The number of hydrogen-bond acceptors (Lipinski definition) is 7. The Hall–Kier alpha value is -4.19. The number of nitrogens with zero attached hydrogens (tertiary/aromatic N) is 2. The fourth-order valence-electron chi connectivity index (χ4n) is 4.03. The molecule has 0 atom stereocenters. The summed E-state index contributed by atoms with van der Waals surface area (Å²) in [4.78, 5) is 13.5. The van der Waals surface area contributed by atoms with Crippen molar-refractivity contribution < 1.29 is 17.9 Å². The van der Waals surface area contributed by atoms with Crippen molar-refractivity contribution in [3.8, 4) is 22.8 Å². The Morgan fingerprint density at radius 1 is 1.15 bits per heavy atom. The molecule has 11 heteroatoms. The number of nitrogens with one attached hydrogen (secondary N) is 2. The Labute approximate surface area is 244 Å². The highest BCUT2D eigenvalue weighted by Gasteiger charge is 2.24. The van der Waals surface area contributed by atoms with Crippen molar-refractivity contribution in [1.82, 2.24) is 9.99 Å². The van der Waals surface area contributed by atoms with Crippen molar-refractivity contribution in [2.45, 2.75) is 38.1 Å². The van der Waals surface area contributed by atoms with Gasteiger partial charge in [-0.15, -0.1) is 23.0 Å². The molecule has 0 spiro atoms. The zero-order valence-electron chi connectivity index (χ0n) is 23.0. The van der Waals surface area contributed by atoms with Crippen molar-refractivity contribution in [3.63, 3.8) is 0 Å². The van der Waals surface area contributed by atoms with E-state index in [1.807, 2.05) is 54.1 Å². The molecule has 0 bridgehead atoms. The van der Waals surface area contributed by atoms with Crippen LogP contribution in [0.1, 0.15) is 35.7 Å². The van der Waals surface area contributed by atoms with Gasteiger partial charge in [-0.1, -0.05) is 67.4 Å². The molecule has 9 nitrogen and oxygen atoms in total. The molecule has 3 aromatic carbocycles. The van der Waals surface area contributed by atoms with Gasteiger partial charge in [-0.3, -0.25) is 4.79 Å². The summed E-state index contributed by atoms with van der Waals surface area (Å²) in [6.07, 6.45) is 3.49. The number of benzene rings is 3. The first-order chi connectivity index (χ1) is 19.7. The summed E-state index contributed by atoms with van der Waals surface area (Å²) in [6.45, 7) is 8.93. The molecule has 0 aliphatic heterocycles. The normalized spacial score (nSPS) is 11.7. The maximum atomic E-state index is 13.3. The van der Waals surface area contributed by atoms with Crippen molar-refractivity contribution in [2.75, 3.05) is 11.9 Å². The minimum absolute atomic E-state index is 0.0214. The quantitative estimate of drug-likeness (QED) is 0.112. The molecule has 0 aliphatic rings. The molecule has 4 rings (SSSR count). The topological polar surface area (TPSA) is 128 Å². The average Bonchev–Trinajstić information content (AvgIpc) is 3.35. The lowest BCUT2D eigenvalue weighted by atomic mass is 10.1. The van der Waals surface area contributed by atoms with Crippen LogP contribution in [-0.2, 0) is 16.6 Å². The Kier molecular flexibility index (Phi) is 9.77. The number of carbonyl (C=O) groups is 1. The highest BCUT2D eigenvalue weighted by molar-refractivity contribution is 7.89. The Morgan fingerprint density at radius 3 is 2.54 bits per heavy atom. The average molecular weight is 592 g/mol. The molecule has 0 unspecified atom stereocenters. The fourth-order valence-corrected chi connectivity index (χ4v) is 5.61. The van der Waals surface area contributed by atoms with Gasteiger partial charge in [0.05, 0.1) is 11.4 Å². The number of primary sulfonamides is 1. The highest BCUT2D eigenvalue weighted by atomic mass is 32.2. The van der Waals surface area contributed by atoms with Crippen molar-refractivity contribution in [1.29, 1.82) is 0 Å². The van der Waals surface area contributed by atoms with E-state index in [1.54, 1.807) is 30.3 Å². The van der Waals surface area contributed by atoms with E-state index in [4.69, 9.17) is 9.88 Å². The number of hydrogen-bond donors (Lipinski definition) is 3. The van der Waals surface area contributed by atoms with Gasteiger partial charge in [-0.05, 0) is 43.2 Å². The van der Waals surface area contributed by atoms with Crippen LogP contribution in [0.25, 0.3) is 11.3 Å². The van der Waals surface area contributed by atoms with Gasteiger partial charge in [0.2, 0.25) is 14.8 Å². The summed E-state index contributed by atoms with van der Waals surface area (Å²) in [7, 11) is -4.26. The first-order valence-corrected chi connectivity index (χ1v) is 15.5. The van der Waals surface area contributed by atoms with E-state index >= 15 is 0 Å².